The van der Waals surface area contributed by atoms with Crippen LogP contribution in [0.3, 0.4) is 0 Å². The molecule has 1 saturated carbocycles. The molecule has 2 fully saturated rings. The number of likely N-dealkylation sites (tertiary alicyclic amines) is 1. The minimum Gasteiger partial charge on any atom is -0.341 e. The van der Waals surface area contributed by atoms with Gasteiger partial charge < -0.3 is 10.6 Å². The van der Waals surface area contributed by atoms with Gasteiger partial charge in [0.25, 0.3) is 0 Å². The van der Waals surface area contributed by atoms with Crippen LogP contribution in [0.5, 0.6) is 0 Å². The summed E-state index contributed by atoms with van der Waals surface area (Å²) in [5, 5.41) is 0. The lowest BCUT2D eigenvalue weighted by Crippen LogP contribution is -2.51. The number of rotatable bonds is 2. The summed E-state index contributed by atoms with van der Waals surface area (Å²) < 4.78 is 13.0. The van der Waals surface area contributed by atoms with E-state index < -0.39 is 0 Å². The smallest absolute Gasteiger partial charge is 0.225 e. The Morgan fingerprint density at radius 1 is 1.20 bits per heavy atom. The normalized spacial score (nSPS) is 27.2. The van der Waals surface area contributed by atoms with Gasteiger partial charge in [-0.3, -0.25) is 4.79 Å². The standard InChI is InChI=1S/C16H21FN2O/c17-13-6-4-11(5-7-13)14-8-9-19(10-15(14)18)16(20)12-2-1-3-12/h4-7,12,14-15H,1-3,8-10,18H2. The Bertz CT molecular complexity index is 484. The second-order valence-electron chi connectivity index (χ2n) is 6.02. The van der Waals surface area contributed by atoms with E-state index in [-0.39, 0.29) is 29.6 Å². The lowest BCUT2D eigenvalue weighted by molar-refractivity contribution is -0.139. The molecule has 0 bridgehead atoms. The number of hydrogen-bond donors (Lipinski definition) is 1. The third-order valence-corrected chi connectivity index (χ3v) is 4.72. The SMILES string of the molecule is NC1CN(C(=O)C2CCC2)CCC1c1ccc(F)cc1. The fourth-order valence-corrected chi connectivity index (χ4v) is 3.22. The van der Waals surface area contributed by atoms with Crippen molar-refractivity contribution in [1.82, 2.24) is 4.90 Å². The molecule has 1 heterocycles. The number of nitrogens with two attached hydrogens (primary N) is 1. The molecule has 3 nitrogen and oxygen atoms in total. The van der Waals surface area contributed by atoms with Gasteiger partial charge >= 0.3 is 0 Å². The maximum atomic E-state index is 13.0. The van der Waals surface area contributed by atoms with E-state index in [0.29, 0.717) is 6.54 Å². The van der Waals surface area contributed by atoms with Crippen molar-refractivity contribution < 1.29 is 9.18 Å². The molecule has 2 aliphatic rings. The lowest BCUT2D eigenvalue weighted by atomic mass is 9.82. The first-order valence-corrected chi connectivity index (χ1v) is 7.45. The predicted molar refractivity (Wildman–Crippen MR) is 75.7 cm³/mol. The highest BCUT2D eigenvalue weighted by molar-refractivity contribution is 5.79. The van der Waals surface area contributed by atoms with Gasteiger partial charge in [0.05, 0.1) is 0 Å². The Morgan fingerprint density at radius 3 is 2.45 bits per heavy atom. The van der Waals surface area contributed by atoms with Crippen molar-refractivity contribution in [3.63, 3.8) is 0 Å². The lowest BCUT2D eigenvalue weighted by Gasteiger charge is -2.40. The van der Waals surface area contributed by atoms with Crippen LogP contribution in [0.25, 0.3) is 0 Å². The van der Waals surface area contributed by atoms with Crippen molar-refractivity contribution in [1.29, 1.82) is 0 Å². The Balaban J connectivity index is 1.64. The average molecular weight is 276 g/mol. The van der Waals surface area contributed by atoms with E-state index in [9.17, 15) is 9.18 Å². The molecule has 1 aliphatic carbocycles. The fraction of sp³-hybridized carbons (Fsp3) is 0.562. The fourth-order valence-electron chi connectivity index (χ4n) is 3.22. The van der Waals surface area contributed by atoms with Gasteiger partial charge in [-0.25, -0.2) is 4.39 Å². The zero-order valence-electron chi connectivity index (χ0n) is 11.6. The van der Waals surface area contributed by atoms with E-state index >= 15 is 0 Å². The zero-order chi connectivity index (χ0) is 14.1. The first-order valence-electron chi connectivity index (χ1n) is 7.45. The second-order valence-corrected chi connectivity index (χ2v) is 6.02. The largest absolute Gasteiger partial charge is 0.341 e. The number of nitrogens with zero attached hydrogens (tertiary/aromatic N) is 1. The minimum absolute atomic E-state index is 0.0572. The highest BCUT2D eigenvalue weighted by Crippen LogP contribution is 2.32. The molecule has 20 heavy (non-hydrogen) atoms. The molecule has 2 atom stereocenters. The van der Waals surface area contributed by atoms with E-state index in [2.05, 4.69) is 0 Å². The predicted octanol–water partition coefficient (Wildman–Crippen LogP) is 2.27. The summed E-state index contributed by atoms with van der Waals surface area (Å²) in [5.74, 6) is 0.523. The summed E-state index contributed by atoms with van der Waals surface area (Å²) in [7, 11) is 0. The van der Waals surface area contributed by atoms with Crippen molar-refractivity contribution in [2.24, 2.45) is 11.7 Å². The summed E-state index contributed by atoms with van der Waals surface area (Å²) in [6.45, 7) is 1.39. The molecule has 0 spiro atoms. The van der Waals surface area contributed by atoms with Crippen LogP contribution in [-0.2, 0) is 4.79 Å². The van der Waals surface area contributed by atoms with E-state index in [0.717, 1.165) is 31.4 Å². The van der Waals surface area contributed by atoms with E-state index in [1.54, 1.807) is 0 Å². The van der Waals surface area contributed by atoms with Crippen LogP contribution in [0.1, 0.15) is 37.2 Å². The van der Waals surface area contributed by atoms with Gasteiger partial charge in [-0.2, -0.15) is 0 Å². The third kappa shape index (κ3) is 2.57. The molecule has 4 heteroatoms. The quantitative estimate of drug-likeness (QED) is 0.900. The first kappa shape index (κ1) is 13.6. The Morgan fingerprint density at radius 2 is 1.90 bits per heavy atom. The average Bonchev–Trinajstić information content (AvgIpc) is 2.38. The highest BCUT2D eigenvalue weighted by atomic mass is 19.1. The van der Waals surface area contributed by atoms with Crippen molar-refractivity contribution in [3.05, 3.63) is 35.6 Å². The molecule has 0 radical (unpaired) electrons. The number of carbonyl (C=O) groups is 1. The summed E-state index contributed by atoms with van der Waals surface area (Å²) in [6, 6.07) is 6.52. The van der Waals surface area contributed by atoms with Gasteiger partial charge in [0.1, 0.15) is 5.82 Å². The second kappa shape index (κ2) is 5.52. The van der Waals surface area contributed by atoms with Gasteiger partial charge in [-0.15, -0.1) is 0 Å². The van der Waals surface area contributed by atoms with Gasteiger partial charge in [0, 0.05) is 31.0 Å². The Kier molecular flexibility index (Phi) is 3.74. The van der Waals surface area contributed by atoms with Crippen molar-refractivity contribution in [3.8, 4) is 0 Å². The molecule has 1 aliphatic heterocycles. The van der Waals surface area contributed by atoms with Crippen molar-refractivity contribution in [2.75, 3.05) is 13.1 Å². The summed E-state index contributed by atoms with van der Waals surface area (Å²) in [6.07, 6.45) is 4.11. The first-order chi connectivity index (χ1) is 9.65. The van der Waals surface area contributed by atoms with Gasteiger partial charge in [-0.05, 0) is 37.0 Å². The van der Waals surface area contributed by atoms with Gasteiger partial charge in [0.2, 0.25) is 5.91 Å². The Hall–Kier alpha value is -1.42. The number of carbonyl (C=O) groups excluding carboxylic acids is 1. The monoisotopic (exact) mass is 276 g/mol. The highest BCUT2D eigenvalue weighted by Gasteiger charge is 2.34. The van der Waals surface area contributed by atoms with E-state index in [1.807, 2.05) is 17.0 Å². The molecular formula is C16H21FN2O. The summed E-state index contributed by atoms with van der Waals surface area (Å²) in [5.41, 5.74) is 7.33. The van der Waals surface area contributed by atoms with E-state index in [4.69, 9.17) is 5.73 Å². The number of hydrogen-bond acceptors (Lipinski definition) is 2. The minimum atomic E-state index is -0.222. The van der Waals surface area contributed by atoms with Crippen molar-refractivity contribution in [2.45, 2.75) is 37.6 Å². The van der Waals surface area contributed by atoms with Crippen molar-refractivity contribution >= 4 is 5.91 Å². The molecule has 108 valence electrons. The molecule has 1 amide bonds. The van der Waals surface area contributed by atoms with Crippen LogP contribution in [-0.4, -0.2) is 29.9 Å². The van der Waals surface area contributed by atoms with Gasteiger partial charge in [0.15, 0.2) is 0 Å². The molecule has 1 aromatic rings. The maximum absolute atomic E-state index is 13.0. The summed E-state index contributed by atoms with van der Waals surface area (Å²) >= 11 is 0. The summed E-state index contributed by atoms with van der Waals surface area (Å²) in [4.78, 5) is 14.2. The molecule has 1 saturated heterocycles. The number of halogens is 1. The van der Waals surface area contributed by atoms with Crippen LogP contribution in [0.4, 0.5) is 4.39 Å². The molecule has 0 aromatic heterocycles. The third-order valence-electron chi connectivity index (χ3n) is 4.72. The van der Waals surface area contributed by atoms with Gasteiger partial charge in [-0.1, -0.05) is 18.6 Å². The molecule has 2 unspecified atom stereocenters. The van der Waals surface area contributed by atoms with E-state index in [1.165, 1.54) is 18.6 Å². The van der Waals surface area contributed by atoms with Crippen LogP contribution in [0, 0.1) is 11.7 Å². The number of amides is 1. The zero-order valence-corrected chi connectivity index (χ0v) is 11.6. The number of piperidine rings is 1. The molecule has 3 rings (SSSR count). The molecular weight excluding hydrogens is 255 g/mol. The van der Waals surface area contributed by atoms with Crippen LogP contribution in [0.15, 0.2) is 24.3 Å². The topological polar surface area (TPSA) is 46.3 Å². The molecule has 2 N–H and O–H groups in total. The number of benzene rings is 1. The van der Waals surface area contributed by atoms with Crippen LogP contribution in [0.2, 0.25) is 0 Å². The van der Waals surface area contributed by atoms with Crippen LogP contribution >= 0.6 is 0 Å². The maximum Gasteiger partial charge on any atom is 0.225 e. The Labute approximate surface area is 118 Å². The van der Waals surface area contributed by atoms with Crippen LogP contribution < -0.4 is 5.73 Å². The molecule has 1 aromatic carbocycles.